The van der Waals surface area contributed by atoms with Crippen LogP contribution in [-0.2, 0) is 26.4 Å². The van der Waals surface area contributed by atoms with Crippen LogP contribution in [0.3, 0.4) is 0 Å². The molecule has 0 radical (unpaired) electrons. The molecule has 1 aliphatic rings. The van der Waals surface area contributed by atoms with Gasteiger partial charge in [-0.15, -0.1) is 0 Å². The van der Waals surface area contributed by atoms with Crippen LogP contribution in [0.5, 0.6) is 0 Å². The average Bonchev–Trinajstić information content (AvgIpc) is 3.27. The third-order valence-electron chi connectivity index (χ3n) is 5.38. The standard InChI is InChI=1S/C22H24N4O5S/c1-26-20-17(24-19(27)12-31-2)10-15(22(28)23-16-8-9-32(29,30)13-16)11-18(20)25-21(26)14-6-4-3-5-7-14/h3-7,10-11,16H,8-9,12-13H2,1-2H3,(H,23,28)(H,24,27)/t16-/m0/s1. The van der Waals surface area contributed by atoms with E-state index in [0.29, 0.717) is 29.0 Å². The summed E-state index contributed by atoms with van der Waals surface area (Å²) in [6.45, 7) is -0.138. The van der Waals surface area contributed by atoms with Gasteiger partial charge in [-0.3, -0.25) is 9.59 Å². The van der Waals surface area contributed by atoms with E-state index in [9.17, 15) is 18.0 Å². The van der Waals surface area contributed by atoms with Gasteiger partial charge in [-0.1, -0.05) is 30.3 Å². The van der Waals surface area contributed by atoms with Crippen molar-refractivity contribution in [2.45, 2.75) is 12.5 Å². The van der Waals surface area contributed by atoms with Crippen molar-refractivity contribution in [2.24, 2.45) is 7.05 Å². The van der Waals surface area contributed by atoms with Gasteiger partial charge in [0.05, 0.1) is 28.2 Å². The van der Waals surface area contributed by atoms with E-state index in [1.807, 2.05) is 41.9 Å². The van der Waals surface area contributed by atoms with Crippen molar-refractivity contribution in [1.82, 2.24) is 14.9 Å². The molecule has 0 spiro atoms. The zero-order valence-corrected chi connectivity index (χ0v) is 18.6. The summed E-state index contributed by atoms with van der Waals surface area (Å²) < 4.78 is 30.2. The van der Waals surface area contributed by atoms with Crippen LogP contribution in [-0.4, -0.2) is 61.0 Å². The molecule has 9 nitrogen and oxygen atoms in total. The number of ether oxygens (including phenoxy) is 1. The van der Waals surface area contributed by atoms with Crippen molar-refractivity contribution < 1.29 is 22.7 Å². The van der Waals surface area contributed by atoms with Gasteiger partial charge in [0.2, 0.25) is 5.91 Å². The summed E-state index contributed by atoms with van der Waals surface area (Å²) in [6.07, 6.45) is 0.384. The Labute approximate surface area is 185 Å². The number of hydrogen-bond donors (Lipinski definition) is 2. The molecule has 0 aliphatic carbocycles. The fourth-order valence-electron chi connectivity index (χ4n) is 3.92. The minimum Gasteiger partial charge on any atom is -0.375 e. The average molecular weight is 457 g/mol. The van der Waals surface area contributed by atoms with Crippen molar-refractivity contribution in [1.29, 1.82) is 0 Å². The van der Waals surface area contributed by atoms with Gasteiger partial charge in [-0.25, -0.2) is 13.4 Å². The van der Waals surface area contributed by atoms with Crippen molar-refractivity contribution in [3.05, 3.63) is 48.0 Å². The predicted molar refractivity (Wildman–Crippen MR) is 121 cm³/mol. The third kappa shape index (κ3) is 4.51. The normalized spacial score (nSPS) is 17.4. The zero-order valence-electron chi connectivity index (χ0n) is 17.8. The molecule has 2 amide bonds. The van der Waals surface area contributed by atoms with Crippen LogP contribution in [0.4, 0.5) is 5.69 Å². The van der Waals surface area contributed by atoms with Gasteiger partial charge in [0.1, 0.15) is 12.4 Å². The molecule has 3 aromatic rings. The van der Waals surface area contributed by atoms with Gasteiger partial charge in [0, 0.05) is 31.3 Å². The summed E-state index contributed by atoms with van der Waals surface area (Å²) >= 11 is 0. The molecule has 1 aliphatic heterocycles. The summed E-state index contributed by atoms with van der Waals surface area (Å²) in [4.78, 5) is 29.8. The molecule has 0 unspecified atom stereocenters. The molecule has 168 valence electrons. The van der Waals surface area contributed by atoms with E-state index in [0.717, 1.165) is 5.56 Å². The lowest BCUT2D eigenvalue weighted by atomic mass is 10.1. The first-order chi connectivity index (χ1) is 15.3. The van der Waals surface area contributed by atoms with Gasteiger partial charge in [-0.2, -0.15) is 0 Å². The Hall–Kier alpha value is -3.24. The first-order valence-electron chi connectivity index (χ1n) is 10.1. The topological polar surface area (TPSA) is 119 Å². The molecule has 0 bridgehead atoms. The number of aromatic nitrogens is 2. The Bertz CT molecular complexity index is 1280. The highest BCUT2D eigenvalue weighted by molar-refractivity contribution is 7.91. The minimum absolute atomic E-state index is 0.0655. The Balaban J connectivity index is 1.75. The second-order valence-corrected chi connectivity index (χ2v) is 10.0. The number of methoxy groups -OCH3 is 1. The number of rotatable bonds is 6. The number of carbonyl (C=O) groups excluding carboxylic acids is 2. The van der Waals surface area contributed by atoms with Crippen LogP contribution in [0.25, 0.3) is 22.4 Å². The molecule has 2 aromatic carbocycles. The second kappa shape index (κ2) is 8.71. The van der Waals surface area contributed by atoms with E-state index < -0.39 is 21.8 Å². The summed E-state index contributed by atoms with van der Waals surface area (Å²) in [7, 11) is 0.140. The van der Waals surface area contributed by atoms with Crippen LogP contribution >= 0.6 is 0 Å². The smallest absolute Gasteiger partial charge is 0.251 e. The maximum absolute atomic E-state index is 12.9. The van der Waals surface area contributed by atoms with E-state index in [4.69, 9.17) is 9.72 Å². The number of aryl methyl sites for hydroxylation is 1. The van der Waals surface area contributed by atoms with Crippen LogP contribution in [0.2, 0.25) is 0 Å². The number of fused-ring (bicyclic) bond motifs is 1. The van der Waals surface area contributed by atoms with Gasteiger partial charge in [-0.05, 0) is 18.6 Å². The Kier molecular flexibility index (Phi) is 5.98. The summed E-state index contributed by atoms with van der Waals surface area (Å²) in [6, 6.07) is 12.4. The van der Waals surface area contributed by atoms with Crippen LogP contribution in [0.1, 0.15) is 16.8 Å². The number of hydrogen-bond acceptors (Lipinski definition) is 6. The maximum atomic E-state index is 12.9. The number of imidazole rings is 1. The van der Waals surface area contributed by atoms with Gasteiger partial charge in [0.15, 0.2) is 9.84 Å². The number of nitrogens with one attached hydrogen (secondary N) is 2. The molecule has 1 atom stereocenters. The fraction of sp³-hybridized carbons (Fsp3) is 0.318. The highest BCUT2D eigenvalue weighted by atomic mass is 32.2. The van der Waals surface area contributed by atoms with Gasteiger partial charge in [0.25, 0.3) is 5.91 Å². The number of anilines is 1. The van der Waals surface area contributed by atoms with E-state index in [2.05, 4.69) is 10.6 Å². The molecule has 10 heteroatoms. The van der Waals surface area contributed by atoms with Crippen LogP contribution < -0.4 is 10.6 Å². The summed E-state index contributed by atoms with van der Waals surface area (Å²) in [5.41, 5.74) is 2.79. The number of nitrogens with zero attached hydrogens (tertiary/aromatic N) is 2. The van der Waals surface area contributed by atoms with Crippen LogP contribution in [0.15, 0.2) is 42.5 Å². The highest BCUT2D eigenvalue weighted by Gasteiger charge is 2.29. The lowest BCUT2D eigenvalue weighted by Gasteiger charge is -2.13. The fourth-order valence-corrected chi connectivity index (χ4v) is 5.59. The molecule has 0 saturated carbocycles. The number of benzene rings is 2. The Morgan fingerprint density at radius 3 is 2.62 bits per heavy atom. The van der Waals surface area contributed by atoms with Crippen molar-refractivity contribution in [3.63, 3.8) is 0 Å². The molecular weight excluding hydrogens is 432 g/mol. The quantitative estimate of drug-likeness (QED) is 0.583. The highest BCUT2D eigenvalue weighted by Crippen LogP contribution is 2.30. The van der Waals surface area contributed by atoms with E-state index in [1.165, 1.54) is 7.11 Å². The lowest BCUT2D eigenvalue weighted by molar-refractivity contribution is -0.119. The number of carbonyl (C=O) groups is 2. The summed E-state index contributed by atoms with van der Waals surface area (Å²) in [5.74, 6) is -0.1000. The molecular formula is C22H24N4O5S. The predicted octanol–water partition coefficient (Wildman–Crippen LogP) is 1.74. The molecule has 2 N–H and O–H groups in total. The molecule has 1 saturated heterocycles. The Morgan fingerprint density at radius 2 is 1.97 bits per heavy atom. The first kappa shape index (κ1) is 22.0. The monoisotopic (exact) mass is 456 g/mol. The number of sulfone groups is 1. The van der Waals surface area contributed by atoms with Crippen molar-refractivity contribution in [3.8, 4) is 11.4 Å². The van der Waals surface area contributed by atoms with Crippen LogP contribution in [0, 0.1) is 0 Å². The second-order valence-electron chi connectivity index (χ2n) is 7.81. The molecule has 4 rings (SSSR count). The largest absolute Gasteiger partial charge is 0.375 e. The molecule has 1 fully saturated rings. The third-order valence-corrected chi connectivity index (χ3v) is 7.15. The van der Waals surface area contributed by atoms with E-state index >= 15 is 0 Å². The minimum atomic E-state index is -3.12. The van der Waals surface area contributed by atoms with Gasteiger partial charge < -0.3 is 19.9 Å². The first-order valence-corrected chi connectivity index (χ1v) is 12.0. The molecule has 32 heavy (non-hydrogen) atoms. The zero-order chi connectivity index (χ0) is 22.9. The summed E-state index contributed by atoms with van der Waals surface area (Å²) in [5, 5.41) is 5.58. The maximum Gasteiger partial charge on any atom is 0.251 e. The van der Waals surface area contributed by atoms with Crippen molar-refractivity contribution in [2.75, 3.05) is 30.5 Å². The molecule has 1 aromatic heterocycles. The molecule has 2 heterocycles. The number of amides is 2. The SMILES string of the molecule is COCC(=O)Nc1cc(C(=O)N[C@H]2CCS(=O)(=O)C2)cc2nc(-c3ccccc3)n(C)c12. The van der Waals surface area contributed by atoms with E-state index in [-0.39, 0.29) is 29.6 Å². The lowest BCUT2D eigenvalue weighted by Crippen LogP contribution is -2.35. The Morgan fingerprint density at radius 1 is 1.22 bits per heavy atom. The van der Waals surface area contributed by atoms with Gasteiger partial charge >= 0.3 is 0 Å². The van der Waals surface area contributed by atoms with E-state index in [1.54, 1.807) is 12.1 Å². The van der Waals surface area contributed by atoms with Crippen molar-refractivity contribution >= 4 is 38.4 Å².